The fraction of sp³-hybridized carbons (Fsp3) is 0.538. The van der Waals surface area contributed by atoms with E-state index in [1.165, 1.54) is 33.4 Å². The van der Waals surface area contributed by atoms with E-state index in [4.69, 9.17) is 9.47 Å². The normalized spacial score (nSPS) is 16.5. The number of carbonyl (C=O) groups excluding carboxylic acids is 4. The highest BCUT2D eigenvalue weighted by molar-refractivity contribution is 7.98. The lowest BCUT2D eigenvalue weighted by molar-refractivity contribution is -0.123. The van der Waals surface area contributed by atoms with E-state index < -0.39 is 39.0 Å². The highest BCUT2D eigenvalue weighted by Crippen LogP contribution is 2.26. The second-order valence-electron chi connectivity index (χ2n) is 22.1. The van der Waals surface area contributed by atoms with Gasteiger partial charge in [0, 0.05) is 62.8 Å². The van der Waals surface area contributed by atoms with Crippen LogP contribution in [0.3, 0.4) is 0 Å². The highest BCUT2D eigenvalue weighted by Gasteiger charge is 2.33. The topological polar surface area (TPSA) is 300 Å². The van der Waals surface area contributed by atoms with Crippen LogP contribution in [0.1, 0.15) is 129 Å². The first kappa shape index (κ1) is 59.2. The van der Waals surface area contributed by atoms with Gasteiger partial charge < -0.3 is 40.4 Å². The summed E-state index contributed by atoms with van der Waals surface area (Å²) in [5.41, 5.74) is 3.37. The average molecular weight is 1130 g/mol. The molecule has 25 nitrogen and oxygen atoms in total. The summed E-state index contributed by atoms with van der Waals surface area (Å²) in [6.07, 6.45) is 11.4. The number of amides is 4. The molecule has 0 radical (unpaired) electrons. The van der Waals surface area contributed by atoms with Crippen molar-refractivity contribution in [2.45, 2.75) is 141 Å². The zero-order chi connectivity index (χ0) is 57.6. The molecular formula is C52H72N16O9S2. The van der Waals surface area contributed by atoms with Crippen LogP contribution >= 0.6 is 11.8 Å². The Labute approximate surface area is 463 Å². The molecule has 426 valence electrons. The molecule has 2 aliphatic rings. The molecule has 8 rings (SSSR count). The monoisotopic (exact) mass is 1130 g/mol. The predicted octanol–water partition coefficient (Wildman–Crippen LogP) is 6.94. The second kappa shape index (κ2) is 24.7. The summed E-state index contributed by atoms with van der Waals surface area (Å²) in [6.45, 7) is 21.2. The number of thioether (sulfide) groups is 1. The Hall–Kier alpha value is -7.42. The fourth-order valence-corrected chi connectivity index (χ4v) is 9.38. The third-order valence-corrected chi connectivity index (χ3v) is 13.9. The van der Waals surface area contributed by atoms with Crippen LogP contribution in [0.5, 0.6) is 0 Å². The van der Waals surface area contributed by atoms with E-state index >= 15 is 0 Å². The molecule has 27 heteroatoms. The van der Waals surface area contributed by atoms with Gasteiger partial charge in [0.2, 0.25) is 27.6 Å². The van der Waals surface area contributed by atoms with Gasteiger partial charge in [0.25, 0.3) is 11.1 Å². The van der Waals surface area contributed by atoms with Crippen molar-refractivity contribution in [3.63, 3.8) is 0 Å². The zero-order valence-corrected chi connectivity index (χ0v) is 48.5. The van der Waals surface area contributed by atoms with Crippen LogP contribution in [0.25, 0.3) is 11.3 Å². The number of fused-ring (bicyclic) bond motifs is 2. The Kier molecular flexibility index (Phi) is 18.5. The second-order valence-corrected chi connectivity index (χ2v) is 24.8. The number of ether oxygens (including phenoxy) is 2. The van der Waals surface area contributed by atoms with Gasteiger partial charge in [-0.15, -0.1) is 0 Å². The summed E-state index contributed by atoms with van der Waals surface area (Å²) < 4.78 is 39.2. The summed E-state index contributed by atoms with van der Waals surface area (Å²) in [5.74, 6) is 0.193. The number of piperidine rings is 2. The Morgan fingerprint density at radius 2 is 1.28 bits per heavy atom. The van der Waals surface area contributed by atoms with E-state index in [-0.39, 0.29) is 53.5 Å². The molecule has 2 atom stereocenters. The van der Waals surface area contributed by atoms with Crippen LogP contribution in [0, 0.1) is 11.8 Å². The molecule has 8 heterocycles. The van der Waals surface area contributed by atoms with Crippen molar-refractivity contribution in [2.24, 2.45) is 16.8 Å². The van der Waals surface area contributed by atoms with Gasteiger partial charge in [-0.3, -0.25) is 9.59 Å². The largest absolute Gasteiger partial charge is 0.444 e. The summed E-state index contributed by atoms with van der Waals surface area (Å²) in [7, 11) is -3.69. The smallest absolute Gasteiger partial charge is 0.410 e. The Bertz CT molecular complexity index is 3360. The first-order chi connectivity index (χ1) is 37.2. The molecule has 0 aliphatic carbocycles. The zero-order valence-electron chi connectivity index (χ0n) is 46.8. The first-order valence-electron chi connectivity index (χ1n) is 26.1. The van der Waals surface area contributed by atoms with E-state index in [2.05, 4.69) is 69.9 Å². The number of pyridine rings is 2. The van der Waals surface area contributed by atoms with Gasteiger partial charge in [0.1, 0.15) is 17.0 Å². The number of hydrogen-bond donors (Lipinski definition) is 4. The number of rotatable bonds is 13. The van der Waals surface area contributed by atoms with Crippen LogP contribution in [0.4, 0.5) is 27.3 Å². The van der Waals surface area contributed by atoms with Crippen molar-refractivity contribution in [1.82, 2.24) is 58.7 Å². The van der Waals surface area contributed by atoms with Crippen molar-refractivity contribution in [3.05, 3.63) is 76.8 Å². The molecule has 0 aromatic carbocycles. The summed E-state index contributed by atoms with van der Waals surface area (Å²) >= 11 is 1.48. The number of nitrogens with zero attached hydrogens (tertiary/aromatic N) is 13. The molecule has 4 N–H and O–H groups in total. The van der Waals surface area contributed by atoms with Crippen molar-refractivity contribution >= 4 is 74.6 Å². The van der Waals surface area contributed by atoms with Gasteiger partial charge in [0.05, 0.1) is 30.4 Å². The fourth-order valence-electron chi connectivity index (χ4n) is 8.52. The summed E-state index contributed by atoms with van der Waals surface area (Å²) in [4.78, 5) is 79.8. The van der Waals surface area contributed by atoms with E-state index in [0.717, 1.165) is 39.7 Å². The number of hydrogen-bond acceptors (Lipinski definition) is 19. The Morgan fingerprint density at radius 1 is 0.747 bits per heavy atom. The molecular weight excluding hydrogens is 1060 g/mol. The first-order valence-corrected chi connectivity index (χ1v) is 29.2. The molecule has 0 bridgehead atoms. The van der Waals surface area contributed by atoms with Crippen molar-refractivity contribution in [2.75, 3.05) is 54.6 Å². The van der Waals surface area contributed by atoms with Gasteiger partial charge in [0.15, 0.2) is 21.9 Å². The lowest BCUT2D eigenvalue weighted by Crippen LogP contribution is -2.45. The molecule has 2 saturated heterocycles. The number of carbonyl (C=O) groups is 4. The summed E-state index contributed by atoms with van der Waals surface area (Å²) in [5, 5.41) is 28.9. The minimum Gasteiger partial charge on any atom is -0.444 e. The number of anilines is 3. The maximum atomic E-state index is 12.9. The third kappa shape index (κ3) is 15.7. The molecule has 0 saturated carbocycles. The predicted molar refractivity (Wildman–Crippen MR) is 295 cm³/mol. The lowest BCUT2D eigenvalue weighted by atomic mass is 9.97. The van der Waals surface area contributed by atoms with Crippen LogP contribution in [-0.2, 0) is 42.0 Å². The minimum absolute atomic E-state index is 0.0329. The Morgan fingerprint density at radius 3 is 1.80 bits per heavy atom. The van der Waals surface area contributed by atoms with E-state index in [1.54, 1.807) is 54.7 Å². The number of likely N-dealkylation sites (tertiary alicyclic amines) is 2. The molecule has 0 spiro atoms. The molecule has 6 aromatic heterocycles. The molecule has 2 aliphatic heterocycles. The molecule has 2 unspecified atom stereocenters. The third-order valence-electron chi connectivity index (χ3n) is 12.5. The molecule has 79 heavy (non-hydrogen) atoms. The van der Waals surface area contributed by atoms with Gasteiger partial charge >= 0.3 is 12.2 Å². The van der Waals surface area contributed by atoms with Gasteiger partial charge in [-0.2, -0.15) is 43.9 Å². The van der Waals surface area contributed by atoms with Crippen molar-refractivity contribution in [3.8, 4) is 0 Å². The van der Waals surface area contributed by atoms with E-state index in [1.807, 2.05) is 53.1 Å². The molecule has 4 amide bonds. The quantitative estimate of drug-likeness (QED) is 0.0672. The number of aromatic nitrogens is 10. The number of nitrogens with one attached hydrogen (secondary N) is 3. The van der Waals surface area contributed by atoms with Crippen LogP contribution in [0.2, 0.25) is 0 Å². The van der Waals surface area contributed by atoms with Crippen LogP contribution < -0.4 is 21.4 Å². The average Bonchev–Trinajstić information content (AvgIpc) is 4.11. The standard InChI is InChI=1S/C26H36N8O6S.C26H36N8O3S/c1-16(2)19-13-28-34-21(19)30-24(41(6,38)39)31-23(34)27-12-17-9-10-20(33(37)14-17)29-22(35)18-8-7-11-32(15-18)25(36)40-26(3,4)5;1-16(2)19-14-29-34-21(19)31-24(38-6)32-23(34)28-13-17-9-10-20(27-12-17)30-22(35)18-8-7-11-33(15-18)25(36)37-26(3,4)5/h9-10,13-14,16,18,37H,7-8,11-12,15H2,1-6H3,(H,27,30,31);9-10,12,14,16,18H,7-8,11,13,15H2,1-6H3,(H,27,30,35)(H,28,31,32). The van der Waals surface area contributed by atoms with Crippen LogP contribution in [-0.4, -0.2) is 146 Å². The Balaban J connectivity index is 0.000000229. The highest BCUT2D eigenvalue weighted by atomic mass is 32.2. The number of sulfone groups is 1. The van der Waals surface area contributed by atoms with Gasteiger partial charge in [-0.1, -0.05) is 51.6 Å². The summed E-state index contributed by atoms with van der Waals surface area (Å²) in [6, 6.07) is 6.83. The minimum atomic E-state index is -3.69. The maximum Gasteiger partial charge on any atom is 0.410 e. The lowest BCUT2D eigenvalue weighted by Gasteiger charge is -2.33. The van der Waals surface area contributed by atoms with Gasteiger partial charge in [-0.05, 0) is 109 Å². The van der Waals surface area contributed by atoms with E-state index in [9.17, 15) is 32.8 Å². The van der Waals surface area contributed by atoms with Crippen molar-refractivity contribution in [1.29, 1.82) is 0 Å². The molecule has 2 fully saturated rings. The maximum absolute atomic E-state index is 12.9. The SMILES string of the molecule is CC(C)c1cnn2c(NCc3ccc(=NC(=O)C4CCCN(C(=O)OC(C)(C)C)C4)n(O)c3)nc(S(C)(=O)=O)nc12.CSc1nc(NCc2ccc(NC(=O)C3CCCN(C(=O)OC(C)(C)C)C3)nc2)n2ncc(C(C)C)c2n1. The van der Waals surface area contributed by atoms with Crippen LogP contribution in [0.15, 0.2) is 64.4 Å². The molecule has 6 aromatic rings. The van der Waals surface area contributed by atoms with Crippen molar-refractivity contribution < 1.29 is 42.3 Å². The van der Waals surface area contributed by atoms with Gasteiger partial charge in [-0.25, -0.2) is 28.0 Å². The van der Waals surface area contributed by atoms with E-state index in [0.29, 0.717) is 79.5 Å².